The van der Waals surface area contributed by atoms with Crippen LogP contribution in [0.5, 0.6) is 0 Å². The number of hydrogen-bond acceptors (Lipinski definition) is 3. The van der Waals surface area contributed by atoms with Gasteiger partial charge in [-0.25, -0.2) is 0 Å². The monoisotopic (exact) mass is 441 g/mol. The van der Waals surface area contributed by atoms with E-state index in [0.717, 1.165) is 51.3 Å². The second-order valence-electron chi connectivity index (χ2n) is 6.61. The van der Waals surface area contributed by atoms with Gasteiger partial charge in [0.15, 0.2) is 5.96 Å². The summed E-state index contributed by atoms with van der Waals surface area (Å²) in [6.07, 6.45) is 3.61. The molecule has 0 aromatic heterocycles. The van der Waals surface area contributed by atoms with Crippen LogP contribution in [0, 0.1) is 5.92 Å². The van der Waals surface area contributed by atoms with Crippen LogP contribution in [-0.4, -0.2) is 60.8 Å². The zero-order valence-electron chi connectivity index (χ0n) is 14.3. The highest BCUT2D eigenvalue weighted by Crippen LogP contribution is 2.29. The molecule has 0 saturated carbocycles. The molecule has 2 heterocycles. The van der Waals surface area contributed by atoms with Crippen molar-refractivity contribution in [1.82, 2.24) is 10.2 Å². The molecular formula is C16H32IN3OS. The molecule has 2 saturated heterocycles. The van der Waals surface area contributed by atoms with Crippen LogP contribution in [0.1, 0.15) is 40.0 Å². The van der Waals surface area contributed by atoms with Crippen LogP contribution in [0.4, 0.5) is 0 Å². The highest BCUT2D eigenvalue weighted by molar-refractivity contribution is 14.0. The molecule has 2 aliphatic rings. The van der Waals surface area contributed by atoms with Gasteiger partial charge in [0.25, 0.3) is 0 Å². The summed E-state index contributed by atoms with van der Waals surface area (Å²) >= 11 is 2.07. The van der Waals surface area contributed by atoms with Gasteiger partial charge in [-0.05, 0) is 46.0 Å². The second-order valence-corrected chi connectivity index (χ2v) is 8.41. The van der Waals surface area contributed by atoms with Gasteiger partial charge in [-0.3, -0.25) is 4.99 Å². The fraction of sp³-hybridized carbons (Fsp3) is 0.938. The Morgan fingerprint density at radius 1 is 1.36 bits per heavy atom. The molecule has 0 bridgehead atoms. The van der Waals surface area contributed by atoms with Crippen molar-refractivity contribution in [1.29, 1.82) is 0 Å². The van der Waals surface area contributed by atoms with E-state index in [1.165, 1.54) is 25.0 Å². The lowest BCUT2D eigenvalue weighted by Gasteiger charge is -2.39. The molecule has 0 atom stereocenters. The van der Waals surface area contributed by atoms with Crippen LogP contribution >= 0.6 is 35.7 Å². The van der Waals surface area contributed by atoms with Crippen LogP contribution in [0.2, 0.25) is 0 Å². The van der Waals surface area contributed by atoms with Crippen molar-refractivity contribution < 1.29 is 4.74 Å². The number of aliphatic imine (C=N–C) groups is 1. The van der Waals surface area contributed by atoms with E-state index in [2.05, 4.69) is 42.7 Å². The van der Waals surface area contributed by atoms with Crippen molar-refractivity contribution in [2.24, 2.45) is 10.9 Å². The Kier molecular flexibility index (Phi) is 9.47. The van der Waals surface area contributed by atoms with Gasteiger partial charge in [0, 0.05) is 49.9 Å². The van der Waals surface area contributed by atoms with Gasteiger partial charge in [0.1, 0.15) is 0 Å². The molecule has 0 unspecified atom stereocenters. The summed E-state index contributed by atoms with van der Waals surface area (Å²) in [7, 11) is 0. The van der Waals surface area contributed by atoms with Crippen molar-refractivity contribution in [3.63, 3.8) is 0 Å². The molecule has 22 heavy (non-hydrogen) atoms. The zero-order chi connectivity index (χ0) is 15.1. The fourth-order valence-electron chi connectivity index (χ4n) is 3.01. The molecule has 6 heteroatoms. The Labute approximate surface area is 157 Å². The van der Waals surface area contributed by atoms with Crippen molar-refractivity contribution in [2.45, 2.75) is 44.8 Å². The molecule has 0 radical (unpaired) electrons. The summed E-state index contributed by atoms with van der Waals surface area (Å²) in [5.74, 6) is 3.11. The molecule has 1 N–H and O–H groups in total. The maximum Gasteiger partial charge on any atom is 0.193 e. The Morgan fingerprint density at radius 2 is 2.09 bits per heavy atom. The van der Waals surface area contributed by atoms with Crippen LogP contribution < -0.4 is 5.32 Å². The summed E-state index contributed by atoms with van der Waals surface area (Å²) in [5.41, 5.74) is 0. The molecule has 130 valence electrons. The lowest BCUT2D eigenvalue weighted by molar-refractivity contribution is 0.0646. The highest BCUT2D eigenvalue weighted by atomic mass is 127. The average molecular weight is 441 g/mol. The van der Waals surface area contributed by atoms with E-state index in [-0.39, 0.29) is 24.0 Å². The Bertz CT molecular complexity index is 346. The average Bonchev–Trinajstić information content (AvgIpc) is 2.46. The lowest BCUT2D eigenvalue weighted by Crippen LogP contribution is -2.51. The molecule has 0 aliphatic carbocycles. The highest BCUT2D eigenvalue weighted by Gasteiger charge is 2.28. The number of hydrogen-bond donors (Lipinski definition) is 1. The van der Waals surface area contributed by atoms with Crippen molar-refractivity contribution in [3.8, 4) is 0 Å². The summed E-state index contributed by atoms with van der Waals surface area (Å²) in [4.78, 5) is 7.31. The molecule has 0 aromatic carbocycles. The van der Waals surface area contributed by atoms with E-state index in [1.807, 2.05) is 0 Å². The van der Waals surface area contributed by atoms with Crippen LogP contribution in [0.15, 0.2) is 4.99 Å². The first kappa shape index (κ1) is 20.4. The molecule has 0 amide bonds. The normalized spacial score (nSPS) is 23.0. The molecule has 0 spiro atoms. The minimum absolute atomic E-state index is 0. The summed E-state index contributed by atoms with van der Waals surface area (Å²) < 4.78 is 5.75. The van der Waals surface area contributed by atoms with Gasteiger partial charge in [-0.2, -0.15) is 11.8 Å². The van der Waals surface area contributed by atoms with Crippen LogP contribution in [0.25, 0.3) is 0 Å². The largest absolute Gasteiger partial charge is 0.381 e. The van der Waals surface area contributed by atoms with Crippen LogP contribution in [0.3, 0.4) is 0 Å². The third-order valence-corrected chi connectivity index (χ3v) is 5.50. The SMILES string of the molecule is CCNC(=NCCC1CCOCC1)N1CCSC(C)(C)C1.I. The number of rotatable bonds is 4. The first-order valence-electron chi connectivity index (χ1n) is 8.36. The van der Waals surface area contributed by atoms with Crippen LogP contribution in [-0.2, 0) is 4.74 Å². The number of ether oxygens (including phenoxy) is 1. The third kappa shape index (κ3) is 6.83. The van der Waals surface area contributed by atoms with Crippen molar-refractivity contribution in [3.05, 3.63) is 0 Å². The van der Waals surface area contributed by atoms with E-state index >= 15 is 0 Å². The Balaban J connectivity index is 0.00000242. The van der Waals surface area contributed by atoms with Gasteiger partial charge in [0.05, 0.1) is 0 Å². The molecular weight excluding hydrogens is 409 g/mol. The maximum atomic E-state index is 5.43. The fourth-order valence-corrected chi connectivity index (χ4v) is 4.12. The van der Waals surface area contributed by atoms with Gasteiger partial charge in [-0.1, -0.05) is 0 Å². The first-order valence-corrected chi connectivity index (χ1v) is 9.34. The lowest BCUT2D eigenvalue weighted by atomic mass is 9.97. The standard InChI is InChI=1S/C16H31N3OS.HI/c1-4-17-15(19-9-12-21-16(2,3)13-19)18-8-5-14-6-10-20-11-7-14;/h14H,4-13H2,1-3H3,(H,17,18);1H. The van der Waals surface area contributed by atoms with Gasteiger partial charge >= 0.3 is 0 Å². The quantitative estimate of drug-likeness (QED) is 0.413. The topological polar surface area (TPSA) is 36.9 Å². The second kappa shape index (κ2) is 10.2. The van der Waals surface area contributed by atoms with Gasteiger partial charge < -0.3 is 15.0 Å². The van der Waals surface area contributed by atoms with E-state index in [9.17, 15) is 0 Å². The maximum absolute atomic E-state index is 5.43. The smallest absolute Gasteiger partial charge is 0.193 e. The predicted octanol–water partition coefficient (Wildman–Crippen LogP) is 3.21. The van der Waals surface area contributed by atoms with E-state index in [0.29, 0.717) is 4.75 Å². The molecule has 2 rings (SSSR count). The van der Waals surface area contributed by atoms with Crippen molar-refractivity contribution in [2.75, 3.05) is 45.1 Å². The van der Waals surface area contributed by atoms with Gasteiger partial charge in [-0.15, -0.1) is 24.0 Å². The minimum Gasteiger partial charge on any atom is -0.381 e. The summed E-state index contributed by atoms with van der Waals surface area (Å²) in [6.45, 7) is 12.8. The number of thioether (sulfide) groups is 1. The van der Waals surface area contributed by atoms with E-state index < -0.39 is 0 Å². The van der Waals surface area contributed by atoms with E-state index in [1.54, 1.807) is 0 Å². The number of guanidine groups is 1. The molecule has 0 aromatic rings. The molecule has 4 nitrogen and oxygen atoms in total. The Hall–Kier alpha value is 0.310. The van der Waals surface area contributed by atoms with E-state index in [4.69, 9.17) is 9.73 Å². The Morgan fingerprint density at radius 3 is 2.73 bits per heavy atom. The molecule has 2 aliphatic heterocycles. The third-order valence-electron chi connectivity index (χ3n) is 4.20. The number of nitrogens with one attached hydrogen (secondary N) is 1. The van der Waals surface area contributed by atoms with Gasteiger partial charge in [0.2, 0.25) is 0 Å². The van der Waals surface area contributed by atoms with Crippen molar-refractivity contribution >= 4 is 41.7 Å². The first-order chi connectivity index (χ1) is 10.1. The molecule has 2 fully saturated rings. The summed E-state index contributed by atoms with van der Waals surface area (Å²) in [5, 5.41) is 3.47. The number of halogens is 1. The minimum atomic E-state index is 0. The summed E-state index contributed by atoms with van der Waals surface area (Å²) in [6, 6.07) is 0. The number of nitrogens with zero attached hydrogens (tertiary/aromatic N) is 2. The zero-order valence-corrected chi connectivity index (χ0v) is 17.4. The predicted molar refractivity (Wildman–Crippen MR) is 108 cm³/mol.